The van der Waals surface area contributed by atoms with E-state index >= 15 is 0 Å². The van der Waals surface area contributed by atoms with Gasteiger partial charge in [-0.05, 0) is 6.92 Å². The van der Waals surface area contributed by atoms with Gasteiger partial charge in [-0.1, -0.05) is 6.58 Å². The lowest BCUT2D eigenvalue weighted by atomic mass is 10.1. The van der Waals surface area contributed by atoms with Crippen molar-refractivity contribution in [3.63, 3.8) is 0 Å². The van der Waals surface area contributed by atoms with Gasteiger partial charge in [-0.2, -0.15) is 0 Å². The molecule has 0 spiro atoms. The van der Waals surface area contributed by atoms with Crippen LogP contribution in [0.25, 0.3) is 0 Å². The quantitative estimate of drug-likeness (QED) is 0.701. The normalized spacial score (nSPS) is 33.1. The van der Waals surface area contributed by atoms with E-state index in [0.717, 1.165) is 0 Å². The molecule has 2 aliphatic heterocycles. The number of aliphatic hydroxyl groups excluding tert-OH is 2. The second-order valence-corrected chi connectivity index (χ2v) is 4.61. The minimum atomic E-state index is -0.704. The molecule has 3 atom stereocenters. The van der Waals surface area contributed by atoms with Crippen LogP contribution in [0.15, 0.2) is 24.2 Å². The Hall–Kier alpha value is -1.37. The number of carbonyl (C=O) groups excluding carboxylic acids is 1. The number of ether oxygens (including phenoxy) is 1. The van der Waals surface area contributed by atoms with Crippen molar-refractivity contribution in [2.45, 2.75) is 31.8 Å². The molecule has 1 amide bonds. The van der Waals surface area contributed by atoms with E-state index < -0.39 is 18.4 Å². The van der Waals surface area contributed by atoms with E-state index in [1.54, 1.807) is 25.1 Å². The van der Waals surface area contributed by atoms with Crippen LogP contribution >= 0.6 is 0 Å². The number of likely N-dealkylation sites (N-methyl/N-ethyl adjacent to an activating group) is 1. The summed E-state index contributed by atoms with van der Waals surface area (Å²) in [5.41, 5.74) is 0.579. The molecule has 100 valence electrons. The Labute approximate surface area is 106 Å². The standard InChI is InChI=1S/C12H18N2O4/c1-7-5-14(8(2)13(3)12(7)17)11-4-9(16)10(6-15)18-11/h5,9-11,15-16H,2,4,6H2,1,3H3. The summed E-state index contributed by atoms with van der Waals surface area (Å²) < 4.78 is 5.55. The first-order valence-corrected chi connectivity index (χ1v) is 5.83. The van der Waals surface area contributed by atoms with Gasteiger partial charge in [-0.25, -0.2) is 0 Å². The van der Waals surface area contributed by atoms with Gasteiger partial charge >= 0.3 is 0 Å². The minimum absolute atomic E-state index is 0.103. The zero-order valence-corrected chi connectivity index (χ0v) is 10.5. The van der Waals surface area contributed by atoms with Gasteiger partial charge < -0.3 is 19.8 Å². The van der Waals surface area contributed by atoms with Crippen molar-refractivity contribution in [3.05, 3.63) is 24.2 Å². The van der Waals surface area contributed by atoms with Crippen molar-refractivity contribution < 1.29 is 19.7 Å². The smallest absolute Gasteiger partial charge is 0.256 e. The Bertz CT molecular complexity index is 407. The maximum Gasteiger partial charge on any atom is 0.256 e. The third kappa shape index (κ3) is 2.03. The summed E-state index contributed by atoms with van der Waals surface area (Å²) in [5.74, 6) is 0.398. The molecule has 1 fully saturated rings. The molecular weight excluding hydrogens is 236 g/mol. The molecule has 0 bridgehead atoms. The van der Waals surface area contributed by atoms with Gasteiger partial charge in [0, 0.05) is 25.2 Å². The third-order valence-corrected chi connectivity index (χ3v) is 3.35. The first kappa shape index (κ1) is 13.1. The monoisotopic (exact) mass is 254 g/mol. The first-order valence-electron chi connectivity index (χ1n) is 5.83. The maximum absolute atomic E-state index is 11.7. The van der Waals surface area contributed by atoms with Crippen LogP contribution in [-0.2, 0) is 9.53 Å². The fraction of sp³-hybridized carbons (Fsp3) is 0.583. The summed E-state index contributed by atoms with van der Waals surface area (Å²) in [6.07, 6.45) is 0.344. The van der Waals surface area contributed by atoms with Gasteiger partial charge in [0.25, 0.3) is 5.91 Å². The number of hydrogen-bond acceptors (Lipinski definition) is 5. The lowest BCUT2D eigenvalue weighted by molar-refractivity contribution is -0.128. The summed E-state index contributed by atoms with van der Waals surface area (Å²) in [6, 6.07) is 0. The molecule has 3 unspecified atom stereocenters. The van der Waals surface area contributed by atoms with Gasteiger partial charge in [-0.15, -0.1) is 0 Å². The minimum Gasteiger partial charge on any atom is -0.394 e. The topological polar surface area (TPSA) is 73.2 Å². The Morgan fingerprint density at radius 3 is 2.83 bits per heavy atom. The van der Waals surface area contributed by atoms with Crippen LogP contribution in [0.1, 0.15) is 13.3 Å². The molecule has 0 aromatic carbocycles. The van der Waals surface area contributed by atoms with E-state index in [2.05, 4.69) is 6.58 Å². The van der Waals surface area contributed by atoms with Crippen molar-refractivity contribution in [2.75, 3.05) is 13.7 Å². The van der Waals surface area contributed by atoms with Crippen molar-refractivity contribution in [3.8, 4) is 0 Å². The van der Waals surface area contributed by atoms with Crippen molar-refractivity contribution in [1.29, 1.82) is 0 Å². The second kappa shape index (κ2) is 4.72. The summed E-state index contributed by atoms with van der Waals surface area (Å²) in [5, 5.41) is 18.8. The molecule has 18 heavy (non-hydrogen) atoms. The third-order valence-electron chi connectivity index (χ3n) is 3.35. The largest absolute Gasteiger partial charge is 0.394 e. The number of amides is 1. The predicted octanol–water partition coefficient (Wildman–Crippen LogP) is -0.396. The summed E-state index contributed by atoms with van der Waals surface area (Å²) in [7, 11) is 1.64. The highest BCUT2D eigenvalue weighted by Crippen LogP contribution is 2.29. The molecule has 2 heterocycles. The zero-order chi connectivity index (χ0) is 13.4. The van der Waals surface area contributed by atoms with Gasteiger partial charge in [0.05, 0.1) is 12.7 Å². The highest BCUT2D eigenvalue weighted by Gasteiger charge is 2.39. The Kier molecular flexibility index (Phi) is 3.43. The molecule has 0 radical (unpaired) electrons. The van der Waals surface area contributed by atoms with Crippen LogP contribution in [-0.4, -0.2) is 58.0 Å². The molecule has 6 heteroatoms. The lowest BCUT2D eigenvalue weighted by Crippen LogP contribution is -2.43. The van der Waals surface area contributed by atoms with Crippen molar-refractivity contribution in [1.82, 2.24) is 9.80 Å². The number of carbonyl (C=O) groups is 1. The fourth-order valence-electron chi connectivity index (χ4n) is 2.19. The van der Waals surface area contributed by atoms with E-state index in [1.165, 1.54) is 4.90 Å². The van der Waals surface area contributed by atoms with Crippen LogP contribution in [0.5, 0.6) is 0 Å². The molecule has 1 saturated heterocycles. The maximum atomic E-state index is 11.7. The Morgan fingerprint density at radius 2 is 2.28 bits per heavy atom. The molecule has 2 aliphatic rings. The molecule has 2 N–H and O–H groups in total. The highest BCUT2D eigenvalue weighted by atomic mass is 16.5. The average molecular weight is 254 g/mol. The van der Waals surface area contributed by atoms with Crippen LogP contribution in [0, 0.1) is 0 Å². The van der Waals surface area contributed by atoms with E-state index in [-0.39, 0.29) is 12.5 Å². The SMILES string of the molecule is C=C1N(C)C(=O)C(C)=CN1C1CC(O)C(CO)O1. The highest BCUT2D eigenvalue weighted by molar-refractivity contribution is 5.94. The molecular formula is C12H18N2O4. The summed E-state index contributed by atoms with van der Waals surface area (Å²) >= 11 is 0. The van der Waals surface area contributed by atoms with E-state index in [9.17, 15) is 9.90 Å². The lowest BCUT2D eigenvalue weighted by Gasteiger charge is -2.37. The number of hydrogen-bond donors (Lipinski definition) is 2. The number of aliphatic hydroxyl groups is 2. The zero-order valence-electron chi connectivity index (χ0n) is 10.5. The van der Waals surface area contributed by atoms with E-state index in [4.69, 9.17) is 9.84 Å². The van der Waals surface area contributed by atoms with Crippen LogP contribution in [0.3, 0.4) is 0 Å². The summed E-state index contributed by atoms with van der Waals surface area (Å²) in [4.78, 5) is 14.9. The Morgan fingerprint density at radius 1 is 1.61 bits per heavy atom. The summed E-state index contributed by atoms with van der Waals surface area (Å²) in [6.45, 7) is 5.33. The van der Waals surface area contributed by atoms with Gasteiger partial charge in [0.1, 0.15) is 18.2 Å². The van der Waals surface area contributed by atoms with Crippen molar-refractivity contribution >= 4 is 5.91 Å². The number of rotatable bonds is 2. The fourth-order valence-corrected chi connectivity index (χ4v) is 2.19. The van der Waals surface area contributed by atoms with Gasteiger partial charge in [0.2, 0.25) is 0 Å². The molecule has 0 aromatic heterocycles. The first-order chi connectivity index (χ1) is 8.45. The molecule has 2 rings (SSSR count). The second-order valence-electron chi connectivity index (χ2n) is 4.61. The van der Waals surface area contributed by atoms with Gasteiger partial charge in [-0.3, -0.25) is 9.69 Å². The average Bonchev–Trinajstić information content (AvgIpc) is 2.72. The van der Waals surface area contributed by atoms with Crippen LogP contribution in [0.4, 0.5) is 0 Å². The van der Waals surface area contributed by atoms with Crippen LogP contribution in [0.2, 0.25) is 0 Å². The van der Waals surface area contributed by atoms with E-state index in [1.807, 2.05) is 0 Å². The van der Waals surface area contributed by atoms with Crippen LogP contribution < -0.4 is 0 Å². The predicted molar refractivity (Wildman–Crippen MR) is 63.9 cm³/mol. The number of nitrogens with zero attached hydrogens (tertiary/aromatic N) is 2. The van der Waals surface area contributed by atoms with E-state index in [0.29, 0.717) is 17.8 Å². The molecule has 6 nitrogen and oxygen atoms in total. The molecule has 0 aromatic rings. The molecule has 0 saturated carbocycles. The van der Waals surface area contributed by atoms with Crippen molar-refractivity contribution in [2.24, 2.45) is 0 Å². The van der Waals surface area contributed by atoms with Gasteiger partial charge in [0.15, 0.2) is 0 Å². The Balaban J connectivity index is 2.19. The molecule has 0 aliphatic carbocycles.